The molecule has 3 rings (SSSR count). The van der Waals surface area contributed by atoms with Crippen molar-refractivity contribution in [2.75, 3.05) is 5.32 Å². The maximum absolute atomic E-state index is 12.2. The topological polar surface area (TPSA) is 66.9 Å². The van der Waals surface area contributed by atoms with Gasteiger partial charge in [-0.25, -0.2) is 9.97 Å². The van der Waals surface area contributed by atoms with Gasteiger partial charge in [0.2, 0.25) is 5.91 Å². The Labute approximate surface area is 114 Å². The summed E-state index contributed by atoms with van der Waals surface area (Å²) in [6.07, 6.45) is 4.35. The number of rotatable bonds is 2. The van der Waals surface area contributed by atoms with E-state index in [0.29, 0.717) is 11.7 Å². The van der Waals surface area contributed by atoms with Gasteiger partial charge in [0, 0.05) is 12.1 Å². The molecule has 0 aromatic carbocycles. The molecule has 2 saturated heterocycles. The van der Waals surface area contributed by atoms with Crippen LogP contribution in [0.2, 0.25) is 10.3 Å². The van der Waals surface area contributed by atoms with Crippen molar-refractivity contribution < 1.29 is 4.79 Å². The molecule has 1 aromatic rings. The Kier molecular flexibility index (Phi) is 3.13. The van der Waals surface area contributed by atoms with Crippen LogP contribution < -0.4 is 10.6 Å². The molecule has 1 amide bonds. The van der Waals surface area contributed by atoms with Gasteiger partial charge in [-0.15, -0.1) is 0 Å². The van der Waals surface area contributed by atoms with Gasteiger partial charge in [-0.1, -0.05) is 23.2 Å². The molecule has 2 fully saturated rings. The number of nitrogens with one attached hydrogen (secondary N) is 2. The highest BCUT2D eigenvalue weighted by molar-refractivity contribution is 6.38. The summed E-state index contributed by atoms with van der Waals surface area (Å²) in [6, 6.07) is 0.751. The predicted octanol–water partition coefficient (Wildman–Crippen LogP) is 1.86. The maximum atomic E-state index is 12.2. The first kappa shape index (κ1) is 12.1. The lowest BCUT2D eigenvalue weighted by Gasteiger charge is -2.19. The normalized spacial score (nSPS) is 29.6. The van der Waals surface area contributed by atoms with Crippen LogP contribution >= 0.6 is 23.2 Å². The minimum Gasteiger partial charge on any atom is -0.321 e. The second kappa shape index (κ2) is 4.64. The van der Waals surface area contributed by atoms with Crippen molar-refractivity contribution in [2.45, 2.75) is 31.3 Å². The van der Waals surface area contributed by atoms with Crippen LogP contribution in [0, 0.1) is 5.92 Å². The first-order valence-electron chi connectivity index (χ1n) is 5.88. The first-order valence-corrected chi connectivity index (χ1v) is 6.63. The number of aromatic nitrogens is 2. The van der Waals surface area contributed by atoms with Crippen LogP contribution in [-0.2, 0) is 4.79 Å². The average molecular weight is 287 g/mol. The van der Waals surface area contributed by atoms with Crippen molar-refractivity contribution in [1.82, 2.24) is 15.3 Å². The molecule has 1 aromatic heterocycles. The van der Waals surface area contributed by atoms with E-state index in [-0.39, 0.29) is 28.2 Å². The fourth-order valence-electron chi connectivity index (χ4n) is 2.78. The number of nitrogens with zero attached hydrogens (tertiary/aromatic N) is 2. The van der Waals surface area contributed by atoms with Crippen LogP contribution in [0.25, 0.3) is 0 Å². The number of anilines is 1. The van der Waals surface area contributed by atoms with Crippen LogP contribution in [0.5, 0.6) is 0 Å². The number of halogens is 2. The van der Waals surface area contributed by atoms with Crippen LogP contribution in [0.1, 0.15) is 19.3 Å². The molecule has 3 atom stereocenters. The average Bonchev–Trinajstić information content (AvgIpc) is 2.96. The number of carbonyl (C=O) groups excluding carboxylic acids is 1. The van der Waals surface area contributed by atoms with Gasteiger partial charge in [0.25, 0.3) is 0 Å². The zero-order valence-corrected chi connectivity index (χ0v) is 11.0. The van der Waals surface area contributed by atoms with Gasteiger partial charge in [-0.2, -0.15) is 0 Å². The molecule has 2 N–H and O–H groups in total. The molecule has 2 bridgehead atoms. The molecule has 0 spiro atoms. The predicted molar refractivity (Wildman–Crippen MR) is 68.7 cm³/mol. The Bertz CT molecular complexity index is 476. The van der Waals surface area contributed by atoms with Gasteiger partial charge in [0.1, 0.15) is 12.0 Å². The summed E-state index contributed by atoms with van der Waals surface area (Å²) in [4.78, 5) is 19.8. The molecule has 0 saturated carbocycles. The van der Waals surface area contributed by atoms with E-state index in [9.17, 15) is 4.79 Å². The van der Waals surface area contributed by atoms with Crippen LogP contribution in [-0.4, -0.2) is 28.0 Å². The summed E-state index contributed by atoms with van der Waals surface area (Å²) in [6.45, 7) is 0. The molecular weight excluding hydrogens is 275 g/mol. The molecule has 0 aliphatic carbocycles. The third-order valence-electron chi connectivity index (χ3n) is 3.64. The fraction of sp³-hybridized carbons (Fsp3) is 0.545. The van der Waals surface area contributed by atoms with Gasteiger partial charge in [0.15, 0.2) is 10.3 Å². The summed E-state index contributed by atoms with van der Waals surface area (Å²) >= 11 is 11.8. The van der Waals surface area contributed by atoms with E-state index in [1.54, 1.807) is 0 Å². The highest BCUT2D eigenvalue weighted by Crippen LogP contribution is 2.35. The van der Waals surface area contributed by atoms with Gasteiger partial charge in [0.05, 0.1) is 5.92 Å². The van der Waals surface area contributed by atoms with E-state index in [1.165, 1.54) is 6.33 Å². The van der Waals surface area contributed by atoms with Crippen LogP contribution in [0.15, 0.2) is 6.33 Å². The van der Waals surface area contributed by atoms with Crippen molar-refractivity contribution in [1.29, 1.82) is 0 Å². The molecule has 7 heteroatoms. The zero-order chi connectivity index (χ0) is 12.7. The Morgan fingerprint density at radius 1 is 1.33 bits per heavy atom. The molecule has 96 valence electrons. The zero-order valence-electron chi connectivity index (χ0n) is 9.49. The molecule has 3 unspecified atom stereocenters. The van der Waals surface area contributed by atoms with Crippen LogP contribution in [0.3, 0.4) is 0 Å². The maximum Gasteiger partial charge on any atom is 0.229 e. The standard InChI is InChI=1S/C11H12Cl2N4O/c12-9-8(10(13)15-4-14-9)17-11(18)6-3-5-1-2-7(6)16-5/h4-7,16H,1-3H2,(H,17,18). The number of carbonyl (C=O) groups is 1. The lowest BCUT2D eigenvalue weighted by Crippen LogP contribution is -2.33. The van der Waals surface area contributed by atoms with Gasteiger partial charge in [-0.3, -0.25) is 4.79 Å². The number of hydrogen-bond acceptors (Lipinski definition) is 4. The van der Waals surface area contributed by atoms with Crippen LogP contribution in [0.4, 0.5) is 5.69 Å². The van der Waals surface area contributed by atoms with Crippen molar-refractivity contribution in [3.05, 3.63) is 16.6 Å². The Balaban J connectivity index is 1.75. The smallest absolute Gasteiger partial charge is 0.229 e. The minimum atomic E-state index is -0.0618. The summed E-state index contributed by atoms with van der Waals surface area (Å²) < 4.78 is 0. The van der Waals surface area contributed by atoms with Crippen molar-refractivity contribution in [2.24, 2.45) is 5.92 Å². The number of hydrogen-bond donors (Lipinski definition) is 2. The monoisotopic (exact) mass is 286 g/mol. The second-order valence-electron chi connectivity index (χ2n) is 4.71. The fourth-order valence-corrected chi connectivity index (χ4v) is 3.19. The van der Waals surface area contributed by atoms with E-state index < -0.39 is 0 Å². The summed E-state index contributed by atoms with van der Waals surface area (Å²) in [5, 5.41) is 6.49. The third-order valence-corrected chi connectivity index (χ3v) is 4.21. The quantitative estimate of drug-likeness (QED) is 0.815. The minimum absolute atomic E-state index is 0.0175. The van der Waals surface area contributed by atoms with E-state index in [0.717, 1.165) is 19.3 Å². The summed E-state index contributed by atoms with van der Waals surface area (Å²) in [5.41, 5.74) is 0.300. The lowest BCUT2D eigenvalue weighted by atomic mass is 9.88. The lowest BCUT2D eigenvalue weighted by molar-refractivity contribution is -0.120. The highest BCUT2D eigenvalue weighted by atomic mass is 35.5. The van der Waals surface area contributed by atoms with E-state index >= 15 is 0 Å². The first-order chi connectivity index (χ1) is 8.65. The van der Waals surface area contributed by atoms with Gasteiger partial charge in [-0.05, 0) is 19.3 Å². The van der Waals surface area contributed by atoms with Crippen molar-refractivity contribution in [3.63, 3.8) is 0 Å². The number of amides is 1. The molecule has 2 aliphatic rings. The molecule has 2 aliphatic heterocycles. The third kappa shape index (κ3) is 2.06. The summed E-state index contributed by atoms with van der Waals surface area (Å²) in [7, 11) is 0. The van der Waals surface area contributed by atoms with Crippen molar-refractivity contribution in [3.8, 4) is 0 Å². The molecular formula is C11H12Cl2N4O. The summed E-state index contributed by atoms with van der Waals surface area (Å²) in [5.74, 6) is -0.0793. The van der Waals surface area contributed by atoms with Gasteiger partial charge >= 0.3 is 0 Å². The SMILES string of the molecule is O=C(Nc1c(Cl)ncnc1Cl)C1CC2CCC1N2. The molecule has 3 heterocycles. The molecule has 0 radical (unpaired) electrons. The van der Waals surface area contributed by atoms with Crippen molar-refractivity contribution >= 4 is 34.8 Å². The Morgan fingerprint density at radius 2 is 2.06 bits per heavy atom. The number of fused-ring (bicyclic) bond motifs is 2. The van der Waals surface area contributed by atoms with E-state index in [1.807, 2.05) is 0 Å². The molecule has 18 heavy (non-hydrogen) atoms. The Morgan fingerprint density at radius 3 is 2.61 bits per heavy atom. The highest BCUT2D eigenvalue weighted by Gasteiger charge is 2.42. The van der Waals surface area contributed by atoms with E-state index in [4.69, 9.17) is 23.2 Å². The second-order valence-corrected chi connectivity index (χ2v) is 5.43. The Hall–Kier alpha value is -0.910. The van der Waals surface area contributed by atoms with E-state index in [2.05, 4.69) is 20.6 Å². The largest absolute Gasteiger partial charge is 0.321 e. The van der Waals surface area contributed by atoms with Gasteiger partial charge < -0.3 is 10.6 Å². The molecule has 5 nitrogen and oxygen atoms in total.